The van der Waals surface area contributed by atoms with Crippen LogP contribution in [0.2, 0.25) is 0 Å². The van der Waals surface area contributed by atoms with Gasteiger partial charge in [0.2, 0.25) is 0 Å². The first-order valence-electron chi connectivity index (χ1n) is 12.7. The zero-order valence-electron chi connectivity index (χ0n) is 20.7. The summed E-state index contributed by atoms with van der Waals surface area (Å²) in [6, 6.07) is 15.6. The van der Waals surface area contributed by atoms with E-state index in [1.807, 2.05) is 56.4 Å². The molecule has 0 unspecified atom stereocenters. The van der Waals surface area contributed by atoms with Gasteiger partial charge in [-0.1, -0.05) is 49.2 Å². The summed E-state index contributed by atoms with van der Waals surface area (Å²) in [5, 5.41) is 33.4. The molecule has 4 heteroatoms. The van der Waals surface area contributed by atoms with Gasteiger partial charge in [-0.3, -0.25) is 0 Å². The lowest BCUT2D eigenvalue weighted by Gasteiger charge is -2.52. The SMILES string of the molecule is C#C[C@]1(O)CC[C@H]2[C@@H]3CCc4cc(O)ccc4[C@H]3CC[C@@]21C.CN[C@@H](C)[C@H](O)c1ccccc1. The third-order valence-corrected chi connectivity index (χ3v) is 9.17. The molecule has 0 heterocycles. The van der Waals surface area contributed by atoms with Crippen LogP contribution < -0.4 is 5.32 Å². The van der Waals surface area contributed by atoms with Crippen molar-refractivity contribution in [3.8, 4) is 18.1 Å². The van der Waals surface area contributed by atoms with Crippen molar-refractivity contribution in [2.45, 2.75) is 76.0 Å². The first kappa shape index (κ1) is 24.8. The summed E-state index contributed by atoms with van der Waals surface area (Å²) in [5.74, 6) is 4.82. The molecule has 0 bridgehead atoms. The molecule has 2 aromatic rings. The van der Waals surface area contributed by atoms with Crippen LogP contribution in [0.15, 0.2) is 48.5 Å². The first-order valence-corrected chi connectivity index (χ1v) is 12.7. The monoisotopic (exact) mass is 461 g/mol. The molecule has 0 aromatic heterocycles. The van der Waals surface area contributed by atoms with Gasteiger partial charge in [0.1, 0.15) is 11.4 Å². The molecule has 34 heavy (non-hydrogen) atoms. The highest BCUT2D eigenvalue weighted by Crippen LogP contribution is 2.64. The number of nitrogens with one attached hydrogen (secondary N) is 1. The summed E-state index contributed by atoms with van der Waals surface area (Å²) >= 11 is 0. The van der Waals surface area contributed by atoms with Crippen molar-refractivity contribution >= 4 is 0 Å². The maximum atomic E-state index is 10.9. The Morgan fingerprint density at radius 2 is 1.82 bits per heavy atom. The Bertz CT molecular complexity index is 1030. The number of aryl methyl sites for hydroxylation is 1. The van der Waals surface area contributed by atoms with E-state index in [4.69, 9.17) is 6.42 Å². The van der Waals surface area contributed by atoms with E-state index >= 15 is 0 Å². The van der Waals surface area contributed by atoms with Gasteiger partial charge in [-0.05, 0) is 99.1 Å². The van der Waals surface area contributed by atoms with Crippen LogP contribution in [-0.4, -0.2) is 34.0 Å². The topological polar surface area (TPSA) is 72.7 Å². The fourth-order valence-electron chi connectivity index (χ4n) is 6.92. The lowest BCUT2D eigenvalue weighted by molar-refractivity contribution is -0.0646. The minimum atomic E-state index is -0.919. The molecule has 4 nitrogen and oxygen atoms in total. The predicted octanol–water partition coefficient (Wildman–Crippen LogP) is 4.94. The fourth-order valence-corrected chi connectivity index (χ4v) is 6.92. The Morgan fingerprint density at radius 1 is 1.09 bits per heavy atom. The van der Waals surface area contributed by atoms with Crippen molar-refractivity contribution in [1.82, 2.24) is 5.32 Å². The number of aliphatic hydroxyl groups excluding tert-OH is 1. The van der Waals surface area contributed by atoms with Gasteiger partial charge in [-0.2, -0.15) is 0 Å². The molecular formula is C30H39NO3. The number of fused-ring (bicyclic) bond motifs is 5. The average Bonchev–Trinajstić information content (AvgIpc) is 3.14. The lowest BCUT2D eigenvalue weighted by atomic mass is 9.53. The van der Waals surface area contributed by atoms with E-state index in [2.05, 4.69) is 24.2 Å². The number of phenols is 1. The predicted molar refractivity (Wildman–Crippen MR) is 136 cm³/mol. The Hall–Kier alpha value is -2.32. The molecule has 0 amide bonds. The van der Waals surface area contributed by atoms with Crippen molar-refractivity contribution in [2.24, 2.45) is 17.3 Å². The van der Waals surface area contributed by atoms with Crippen LogP contribution in [0.3, 0.4) is 0 Å². The Labute approximate surface area is 204 Å². The van der Waals surface area contributed by atoms with Crippen LogP contribution in [0.5, 0.6) is 5.75 Å². The van der Waals surface area contributed by atoms with Crippen molar-refractivity contribution in [3.05, 3.63) is 65.2 Å². The van der Waals surface area contributed by atoms with Crippen LogP contribution in [0, 0.1) is 29.6 Å². The van der Waals surface area contributed by atoms with E-state index in [0.717, 1.165) is 44.1 Å². The molecule has 4 N–H and O–H groups in total. The number of likely N-dealkylation sites (N-methyl/N-ethyl adjacent to an activating group) is 1. The highest BCUT2D eigenvalue weighted by Gasteiger charge is 2.61. The normalized spacial score (nSPS) is 33.2. The summed E-state index contributed by atoms with van der Waals surface area (Å²) < 4.78 is 0. The standard InChI is InChI=1S/C20H24O2.C10H15NO/c1-3-20(22)11-9-18-17-6-4-13-12-14(21)5-7-15(13)16(17)8-10-19(18,20)2;1-8(11-2)10(12)9-6-4-3-5-7-9/h1,5,7,12,16-18,21-22H,4,6,8-11H2,2H3;3-8,10-12H,1-2H3/t16-,17-,18+,19+,20+;8-,10-/m10/s1. The van der Waals surface area contributed by atoms with Crippen molar-refractivity contribution in [3.63, 3.8) is 0 Å². The molecule has 0 spiro atoms. The van der Waals surface area contributed by atoms with Gasteiger partial charge in [0.15, 0.2) is 0 Å². The lowest BCUT2D eigenvalue weighted by Crippen LogP contribution is -2.50. The molecule has 0 aliphatic heterocycles. The van der Waals surface area contributed by atoms with Crippen molar-refractivity contribution < 1.29 is 15.3 Å². The molecule has 0 saturated heterocycles. The summed E-state index contributed by atoms with van der Waals surface area (Å²) in [5.41, 5.74) is 2.65. The summed E-state index contributed by atoms with van der Waals surface area (Å²) in [4.78, 5) is 0. The van der Waals surface area contributed by atoms with E-state index in [1.165, 1.54) is 11.1 Å². The summed E-state index contributed by atoms with van der Waals surface area (Å²) in [6.45, 7) is 4.17. The highest BCUT2D eigenvalue weighted by atomic mass is 16.3. The van der Waals surface area contributed by atoms with E-state index in [1.54, 1.807) is 0 Å². The van der Waals surface area contributed by atoms with Crippen LogP contribution in [-0.2, 0) is 6.42 Å². The Kier molecular flexibility index (Phi) is 7.10. The quantitative estimate of drug-likeness (QED) is 0.489. The van der Waals surface area contributed by atoms with Gasteiger partial charge < -0.3 is 20.6 Å². The van der Waals surface area contributed by atoms with Crippen LogP contribution in [0.4, 0.5) is 0 Å². The number of hydrogen-bond donors (Lipinski definition) is 4. The molecule has 0 radical (unpaired) electrons. The second-order valence-corrected chi connectivity index (χ2v) is 10.7. The highest BCUT2D eigenvalue weighted by molar-refractivity contribution is 5.40. The van der Waals surface area contributed by atoms with Crippen molar-refractivity contribution in [2.75, 3.05) is 7.05 Å². The molecule has 3 aliphatic carbocycles. The van der Waals surface area contributed by atoms with Crippen molar-refractivity contribution in [1.29, 1.82) is 0 Å². The maximum Gasteiger partial charge on any atom is 0.130 e. The molecule has 2 fully saturated rings. The second-order valence-electron chi connectivity index (χ2n) is 10.7. The van der Waals surface area contributed by atoms with Gasteiger partial charge in [-0.25, -0.2) is 0 Å². The molecule has 182 valence electrons. The average molecular weight is 462 g/mol. The summed E-state index contributed by atoms with van der Waals surface area (Å²) in [7, 11) is 1.84. The molecule has 7 atom stereocenters. The first-order chi connectivity index (χ1) is 16.2. The molecule has 3 aliphatic rings. The van der Waals surface area contributed by atoms with Gasteiger partial charge in [0.25, 0.3) is 0 Å². The van der Waals surface area contributed by atoms with Gasteiger partial charge in [-0.15, -0.1) is 6.42 Å². The Morgan fingerprint density at radius 3 is 2.50 bits per heavy atom. The van der Waals surface area contributed by atoms with E-state index in [0.29, 0.717) is 23.5 Å². The fraction of sp³-hybridized carbons (Fsp3) is 0.533. The van der Waals surface area contributed by atoms with Crippen LogP contribution >= 0.6 is 0 Å². The van der Waals surface area contributed by atoms with Crippen LogP contribution in [0.1, 0.15) is 74.7 Å². The third-order valence-electron chi connectivity index (χ3n) is 9.17. The smallest absolute Gasteiger partial charge is 0.130 e. The number of phenolic OH excluding ortho intramolecular Hbond substituents is 1. The summed E-state index contributed by atoms with van der Waals surface area (Å²) in [6.07, 6.45) is 11.4. The zero-order chi connectivity index (χ0) is 24.5. The second kappa shape index (κ2) is 9.74. The van der Waals surface area contributed by atoms with Crippen LogP contribution in [0.25, 0.3) is 0 Å². The number of hydrogen-bond acceptors (Lipinski definition) is 4. The zero-order valence-corrected chi connectivity index (χ0v) is 20.7. The number of terminal acetylenes is 1. The van der Waals surface area contributed by atoms with Gasteiger partial charge in [0, 0.05) is 11.5 Å². The molecule has 2 saturated carbocycles. The maximum absolute atomic E-state index is 10.9. The number of benzene rings is 2. The number of rotatable bonds is 3. The van der Waals surface area contributed by atoms with E-state index in [-0.39, 0.29) is 11.5 Å². The molecule has 5 rings (SSSR count). The van der Waals surface area contributed by atoms with Gasteiger partial charge >= 0.3 is 0 Å². The van der Waals surface area contributed by atoms with E-state index in [9.17, 15) is 15.3 Å². The van der Waals surface area contributed by atoms with Gasteiger partial charge in [0.05, 0.1) is 6.10 Å². The largest absolute Gasteiger partial charge is 0.508 e. The van der Waals surface area contributed by atoms with E-state index < -0.39 is 11.7 Å². The minimum Gasteiger partial charge on any atom is -0.508 e. The Balaban J connectivity index is 0.000000195. The number of aliphatic hydroxyl groups is 2. The third kappa shape index (κ3) is 4.26. The minimum absolute atomic E-state index is 0.0902. The molecule has 2 aromatic carbocycles. The number of aromatic hydroxyl groups is 1. The molecular weight excluding hydrogens is 422 g/mol.